The van der Waals surface area contributed by atoms with E-state index in [0.717, 1.165) is 24.1 Å². The second-order valence-corrected chi connectivity index (χ2v) is 6.89. The molecule has 144 valence electrons. The highest BCUT2D eigenvalue weighted by Gasteiger charge is 2.19. The van der Waals surface area contributed by atoms with Gasteiger partial charge in [-0.1, -0.05) is 23.7 Å². The Morgan fingerprint density at radius 1 is 1.14 bits per heavy atom. The van der Waals surface area contributed by atoms with Crippen LogP contribution in [0.2, 0.25) is 0 Å². The molecular formula is C22H19BN2O4. The molecule has 1 aliphatic carbocycles. The summed E-state index contributed by atoms with van der Waals surface area (Å²) in [5.41, 5.74) is 0.902. The molecule has 1 aromatic heterocycles. The van der Waals surface area contributed by atoms with Gasteiger partial charge in [0.15, 0.2) is 0 Å². The first-order chi connectivity index (χ1) is 14.0. The number of ether oxygens (including phenoxy) is 1. The number of aromatic nitrogens is 1. The minimum absolute atomic E-state index is 0.319. The number of H-pyrrole nitrogens is 1. The summed E-state index contributed by atoms with van der Waals surface area (Å²) in [6.45, 7) is 0. The van der Waals surface area contributed by atoms with Gasteiger partial charge in [-0.15, -0.1) is 0 Å². The van der Waals surface area contributed by atoms with E-state index in [-0.39, 0.29) is 11.3 Å². The lowest BCUT2D eigenvalue weighted by atomic mass is 9.94. The van der Waals surface area contributed by atoms with Crippen molar-refractivity contribution in [1.29, 1.82) is 0 Å². The lowest BCUT2D eigenvalue weighted by molar-refractivity contribution is 0.102. The van der Waals surface area contributed by atoms with Gasteiger partial charge in [-0.2, -0.15) is 0 Å². The number of hydrogen-bond donors (Lipinski definition) is 3. The van der Waals surface area contributed by atoms with Gasteiger partial charge in [0.25, 0.3) is 11.5 Å². The number of nitrogens with one attached hydrogen (secondary N) is 2. The zero-order chi connectivity index (χ0) is 20.4. The molecule has 0 bridgehead atoms. The Kier molecular flexibility index (Phi) is 4.95. The Morgan fingerprint density at radius 2 is 1.93 bits per heavy atom. The quantitative estimate of drug-likeness (QED) is 0.601. The molecule has 0 fully saturated rings. The maximum Gasteiger partial charge on any atom is 0.265 e. The first-order valence-corrected chi connectivity index (χ1v) is 9.33. The van der Waals surface area contributed by atoms with E-state index in [9.17, 15) is 14.7 Å². The fourth-order valence-corrected chi connectivity index (χ4v) is 3.20. The first-order valence-electron chi connectivity index (χ1n) is 9.33. The number of amides is 1. The molecule has 0 saturated heterocycles. The van der Waals surface area contributed by atoms with E-state index in [1.54, 1.807) is 36.4 Å². The molecule has 0 radical (unpaired) electrons. The van der Waals surface area contributed by atoms with Crippen molar-refractivity contribution < 1.29 is 14.6 Å². The lowest BCUT2D eigenvalue weighted by Crippen LogP contribution is -2.23. The minimum Gasteiger partial charge on any atom is -0.506 e. The van der Waals surface area contributed by atoms with Gasteiger partial charge in [0.1, 0.15) is 30.7 Å². The molecule has 1 heterocycles. The summed E-state index contributed by atoms with van der Waals surface area (Å²) in [7, 11) is 1.87. The van der Waals surface area contributed by atoms with Crippen LogP contribution in [0.3, 0.4) is 0 Å². The second kappa shape index (κ2) is 7.71. The number of benzene rings is 2. The zero-order valence-electron chi connectivity index (χ0n) is 15.9. The largest absolute Gasteiger partial charge is 0.506 e. The van der Waals surface area contributed by atoms with Crippen LogP contribution in [-0.2, 0) is 0 Å². The molecule has 0 aliphatic heterocycles. The van der Waals surface area contributed by atoms with Crippen LogP contribution in [0, 0.1) is 0 Å². The highest BCUT2D eigenvalue weighted by Crippen LogP contribution is 2.25. The molecule has 0 saturated carbocycles. The molecule has 29 heavy (non-hydrogen) atoms. The lowest BCUT2D eigenvalue weighted by Gasteiger charge is -2.11. The Labute approximate surface area is 167 Å². The molecule has 2 aromatic carbocycles. The topological polar surface area (TPSA) is 91.4 Å². The molecule has 0 spiro atoms. The van der Waals surface area contributed by atoms with Gasteiger partial charge in [0.2, 0.25) is 0 Å². The van der Waals surface area contributed by atoms with Gasteiger partial charge >= 0.3 is 0 Å². The van der Waals surface area contributed by atoms with E-state index >= 15 is 0 Å². The summed E-state index contributed by atoms with van der Waals surface area (Å²) in [5.74, 6) is 0.415. The van der Waals surface area contributed by atoms with Gasteiger partial charge < -0.3 is 20.1 Å². The van der Waals surface area contributed by atoms with Crippen LogP contribution in [0.15, 0.2) is 71.2 Å². The number of allylic oxidation sites excluding steroid dienone is 3. The van der Waals surface area contributed by atoms with Gasteiger partial charge in [0.05, 0.1) is 5.52 Å². The third-order valence-electron chi connectivity index (χ3n) is 4.68. The summed E-state index contributed by atoms with van der Waals surface area (Å²) < 4.78 is 5.76. The molecule has 0 atom stereocenters. The van der Waals surface area contributed by atoms with Gasteiger partial charge in [-0.25, -0.2) is 0 Å². The zero-order valence-corrected chi connectivity index (χ0v) is 15.9. The van der Waals surface area contributed by atoms with Crippen LogP contribution in [-0.4, -0.2) is 23.8 Å². The number of hydrogen-bond acceptors (Lipinski definition) is 4. The number of carbonyl (C=O) groups excluding carboxylic acids is 1. The number of anilines is 1. The van der Waals surface area contributed by atoms with Crippen LogP contribution in [0.1, 0.15) is 23.2 Å². The minimum atomic E-state index is -0.682. The van der Waals surface area contributed by atoms with Crippen LogP contribution in [0.4, 0.5) is 5.69 Å². The van der Waals surface area contributed by atoms with Crippen molar-refractivity contribution in [2.75, 3.05) is 5.32 Å². The van der Waals surface area contributed by atoms with Crippen LogP contribution in [0.5, 0.6) is 11.5 Å². The Balaban J connectivity index is 1.55. The Bertz CT molecular complexity index is 1210. The highest BCUT2D eigenvalue weighted by molar-refractivity contribution is 6.33. The summed E-state index contributed by atoms with van der Waals surface area (Å²) >= 11 is 0. The van der Waals surface area contributed by atoms with Crippen molar-refractivity contribution >= 4 is 35.8 Å². The number of pyridine rings is 1. The molecule has 7 heteroatoms. The van der Waals surface area contributed by atoms with Gasteiger partial charge in [0, 0.05) is 11.1 Å². The predicted molar refractivity (Wildman–Crippen MR) is 116 cm³/mol. The van der Waals surface area contributed by atoms with E-state index in [1.165, 1.54) is 0 Å². The third kappa shape index (κ3) is 3.94. The third-order valence-corrected chi connectivity index (χ3v) is 4.68. The van der Waals surface area contributed by atoms with Crippen molar-refractivity contribution in [3.8, 4) is 11.5 Å². The van der Waals surface area contributed by atoms with Crippen LogP contribution in [0.25, 0.3) is 10.9 Å². The Hall–Kier alpha value is -3.74. The monoisotopic (exact) mass is 386 g/mol. The standard InChI is InChI=1S/C22H19BN2O4/c23-13-6-11-18-17(12-13)20(26)19(22(28)25-18)21(27)24-14-7-9-16(10-8-14)29-15-4-2-1-3-5-15/h2,4-12H,1,3,23H2,(H,24,27)(H2,25,26,28). The molecule has 6 nitrogen and oxygen atoms in total. The fraction of sp³-hybridized carbons (Fsp3) is 0.0909. The summed E-state index contributed by atoms with van der Waals surface area (Å²) in [5, 5.41) is 13.6. The van der Waals surface area contributed by atoms with Crippen molar-refractivity contribution in [2.45, 2.75) is 12.8 Å². The van der Waals surface area contributed by atoms with E-state index in [1.807, 2.05) is 26.1 Å². The van der Waals surface area contributed by atoms with E-state index in [4.69, 9.17) is 4.74 Å². The fourth-order valence-electron chi connectivity index (χ4n) is 3.20. The van der Waals surface area contributed by atoms with Gasteiger partial charge in [-0.05, 0) is 55.3 Å². The molecular weight excluding hydrogens is 367 g/mol. The molecule has 1 amide bonds. The van der Waals surface area contributed by atoms with Crippen molar-refractivity contribution in [1.82, 2.24) is 4.98 Å². The molecule has 0 unspecified atom stereocenters. The van der Waals surface area contributed by atoms with E-state index < -0.39 is 11.5 Å². The average molecular weight is 386 g/mol. The van der Waals surface area contributed by atoms with E-state index in [0.29, 0.717) is 22.3 Å². The number of aromatic hydroxyl groups is 1. The van der Waals surface area contributed by atoms with Gasteiger partial charge in [-0.3, -0.25) is 9.59 Å². The number of carbonyl (C=O) groups is 1. The maximum atomic E-state index is 12.6. The smallest absolute Gasteiger partial charge is 0.265 e. The number of aromatic amines is 1. The molecule has 3 aromatic rings. The van der Waals surface area contributed by atoms with Crippen LogP contribution < -0.4 is 21.1 Å². The normalized spacial score (nSPS) is 13.2. The summed E-state index contributed by atoms with van der Waals surface area (Å²) in [6, 6.07) is 12.0. The van der Waals surface area contributed by atoms with Crippen molar-refractivity contribution in [3.63, 3.8) is 0 Å². The number of rotatable bonds is 4. The average Bonchev–Trinajstić information content (AvgIpc) is 2.71. The van der Waals surface area contributed by atoms with Crippen molar-refractivity contribution in [2.24, 2.45) is 0 Å². The highest BCUT2D eigenvalue weighted by atomic mass is 16.5. The van der Waals surface area contributed by atoms with E-state index in [2.05, 4.69) is 16.4 Å². The molecule has 1 aliphatic rings. The summed E-state index contributed by atoms with van der Waals surface area (Å²) in [4.78, 5) is 27.6. The first kappa shape index (κ1) is 18.6. The molecule has 4 rings (SSSR count). The maximum absolute atomic E-state index is 12.6. The second-order valence-electron chi connectivity index (χ2n) is 6.89. The van der Waals surface area contributed by atoms with Crippen molar-refractivity contribution in [3.05, 3.63) is 82.4 Å². The summed E-state index contributed by atoms with van der Waals surface area (Å²) in [6.07, 6.45) is 7.96. The molecule has 3 N–H and O–H groups in total. The number of fused-ring (bicyclic) bond motifs is 1. The Morgan fingerprint density at radius 3 is 2.66 bits per heavy atom. The SMILES string of the molecule is Bc1ccc2[nH]c(=O)c(C(=O)Nc3ccc(OC4=CCCC=C4)cc3)c(O)c2c1. The van der Waals surface area contributed by atoms with Crippen LogP contribution >= 0.6 is 0 Å². The predicted octanol–water partition coefficient (Wildman–Crippen LogP) is 2.36.